The van der Waals surface area contributed by atoms with Crippen LogP contribution >= 0.6 is 0 Å². The molecule has 5 unspecified atom stereocenters. The fourth-order valence-corrected chi connectivity index (χ4v) is 5.70. The molecule has 2 fully saturated rings. The monoisotopic (exact) mass is 533 g/mol. The van der Waals surface area contributed by atoms with Crippen molar-refractivity contribution in [1.82, 2.24) is 20.9 Å². The molecular formula is C30H39N5O4. The van der Waals surface area contributed by atoms with Gasteiger partial charge in [-0.05, 0) is 43.2 Å². The number of nitrogens with zero attached hydrogens (tertiary/aromatic N) is 1. The first-order chi connectivity index (χ1) is 18.8. The Labute approximate surface area is 229 Å². The van der Waals surface area contributed by atoms with Gasteiger partial charge in [0.25, 0.3) is 0 Å². The third-order valence-corrected chi connectivity index (χ3v) is 7.91. The van der Waals surface area contributed by atoms with Gasteiger partial charge in [-0.25, -0.2) is 0 Å². The van der Waals surface area contributed by atoms with Crippen LogP contribution in [0.2, 0.25) is 0 Å². The van der Waals surface area contributed by atoms with Crippen molar-refractivity contribution >= 4 is 23.6 Å². The molecule has 2 aromatic carbocycles. The molecule has 0 aliphatic carbocycles. The van der Waals surface area contributed by atoms with Crippen molar-refractivity contribution in [2.24, 2.45) is 11.7 Å². The molecule has 0 bridgehead atoms. The molecule has 2 saturated heterocycles. The van der Waals surface area contributed by atoms with Crippen LogP contribution in [0.4, 0.5) is 0 Å². The number of carbonyl (C=O) groups is 4. The first-order valence-corrected chi connectivity index (χ1v) is 13.8. The molecule has 0 spiro atoms. The van der Waals surface area contributed by atoms with E-state index in [1.54, 1.807) is 11.8 Å². The van der Waals surface area contributed by atoms with Crippen LogP contribution in [0.25, 0.3) is 0 Å². The third kappa shape index (κ3) is 6.65. The zero-order chi connectivity index (χ0) is 27.9. The Hall–Kier alpha value is -3.72. The Morgan fingerprint density at radius 3 is 2.10 bits per heavy atom. The standard InChI is InChI=1S/C30H39N5O4/c1-3-24(31)28(37)34-27-22(18-32-19(2)36)14-15-23-16-17-25(35(23)30(27)39)29(38)33-26(20-10-6-4-7-11-20)21-12-8-5-9-13-21/h4-13,22-27H,3,14-18,31H2,1-2H3,(H,32,36)(H,33,38)(H,34,37). The quantitative estimate of drug-likeness (QED) is 0.391. The van der Waals surface area contributed by atoms with Crippen LogP contribution in [-0.4, -0.2) is 59.2 Å². The van der Waals surface area contributed by atoms with Gasteiger partial charge in [-0.1, -0.05) is 67.6 Å². The molecule has 2 aliphatic heterocycles. The number of rotatable bonds is 9. The van der Waals surface area contributed by atoms with E-state index in [1.165, 1.54) is 6.92 Å². The van der Waals surface area contributed by atoms with E-state index < -0.39 is 24.0 Å². The second-order valence-electron chi connectivity index (χ2n) is 10.5. The van der Waals surface area contributed by atoms with Crippen molar-refractivity contribution in [3.05, 3.63) is 71.8 Å². The van der Waals surface area contributed by atoms with Crippen molar-refractivity contribution in [2.45, 2.75) is 76.2 Å². The van der Waals surface area contributed by atoms with Gasteiger partial charge in [0.15, 0.2) is 0 Å². The fraction of sp³-hybridized carbons (Fsp3) is 0.467. The van der Waals surface area contributed by atoms with Gasteiger partial charge in [-0.2, -0.15) is 0 Å². The molecule has 4 amide bonds. The summed E-state index contributed by atoms with van der Waals surface area (Å²) in [6.45, 7) is 3.49. The van der Waals surface area contributed by atoms with Gasteiger partial charge in [-0.15, -0.1) is 0 Å². The van der Waals surface area contributed by atoms with Gasteiger partial charge in [0, 0.05) is 25.4 Å². The highest BCUT2D eigenvalue weighted by Crippen LogP contribution is 2.34. The van der Waals surface area contributed by atoms with Crippen molar-refractivity contribution < 1.29 is 19.2 Å². The zero-order valence-electron chi connectivity index (χ0n) is 22.6. The van der Waals surface area contributed by atoms with Crippen molar-refractivity contribution in [3.8, 4) is 0 Å². The summed E-state index contributed by atoms with van der Waals surface area (Å²) < 4.78 is 0. The summed E-state index contributed by atoms with van der Waals surface area (Å²) in [7, 11) is 0. The maximum absolute atomic E-state index is 14.0. The molecule has 4 rings (SSSR count). The summed E-state index contributed by atoms with van der Waals surface area (Å²) in [4.78, 5) is 54.0. The van der Waals surface area contributed by atoms with E-state index in [0.29, 0.717) is 32.1 Å². The number of hydrogen-bond donors (Lipinski definition) is 4. The van der Waals surface area contributed by atoms with Crippen LogP contribution in [0.3, 0.4) is 0 Å². The summed E-state index contributed by atoms with van der Waals surface area (Å²) in [5.41, 5.74) is 7.86. The Kier molecular flexibility index (Phi) is 9.35. The van der Waals surface area contributed by atoms with Crippen molar-refractivity contribution in [2.75, 3.05) is 6.54 Å². The van der Waals surface area contributed by atoms with Crippen molar-refractivity contribution in [1.29, 1.82) is 0 Å². The van der Waals surface area contributed by atoms with E-state index in [4.69, 9.17) is 5.73 Å². The molecule has 2 aliphatic rings. The average molecular weight is 534 g/mol. The first kappa shape index (κ1) is 28.3. The summed E-state index contributed by atoms with van der Waals surface area (Å²) >= 11 is 0. The Morgan fingerprint density at radius 1 is 0.949 bits per heavy atom. The average Bonchev–Trinajstić information content (AvgIpc) is 3.33. The Bertz CT molecular complexity index is 1120. The van der Waals surface area contributed by atoms with E-state index in [-0.39, 0.29) is 42.3 Å². The SMILES string of the molecule is CCC(N)C(=O)NC1C(=O)N2C(CCC1CNC(C)=O)CCC2C(=O)NC(c1ccccc1)c1ccccc1. The smallest absolute Gasteiger partial charge is 0.246 e. The number of amides is 4. The van der Waals surface area contributed by atoms with Crippen LogP contribution in [0.5, 0.6) is 0 Å². The summed E-state index contributed by atoms with van der Waals surface area (Å²) in [5, 5.41) is 8.86. The van der Waals surface area contributed by atoms with E-state index in [9.17, 15) is 19.2 Å². The molecule has 5 N–H and O–H groups in total. The highest BCUT2D eigenvalue weighted by molar-refractivity contribution is 5.94. The number of hydrogen-bond acceptors (Lipinski definition) is 5. The van der Waals surface area contributed by atoms with Gasteiger partial charge in [0.1, 0.15) is 12.1 Å². The molecule has 0 radical (unpaired) electrons. The second-order valence-corrected chi connectivity index (χ2v) is 10.5. The molecule has 9 nitrogen and oxygen atoms in total. The first-order valence-electron chi connectivity index (χ1n) is 13.8. The second kappa shape index (κ2) is 12.9. The molecule has 2 aromatic rings. The van der Waals surface area contributed by atoms with E-state index in [2.05, 4.69) is 16.0 Å². The lowest BCUT2D eigenvalue weighted by atomic mass is 9.92. The number of fused-ring (bicyclic) bond motifs is 1. The van der Waals surface area contributed by atoms with Crippen LogP contribution < -0.4 is 21.7 Å². The maximum atomic E-state index is 14.0. The van der Waals surface area contributed by atoms with E-state index in [0.717, 1.165) is 11.1 Å². The molecule has 0 aromatic heterocycles. The van der Waals surface area contributed by atoms with Crippen LogP contribution in [0, 0.1) is 5.92 Å². The minimum Gasteiger partial charge on any atom is -0.356 e. The van der Waals surface area contributed by atoms with Crippen LogP contribution in [0.15, 0.2) is 60.7 Å². The minimum absolute atomic E-state index is 0.110. The molecule has 9 heteroatoms. The fourth-order valence-electron chi connectivity index (χ4n) is 5.70. The number of carbonyl (C=O) groups excluding carboxylic acids is 4. The topological polar surface area (TPSA) is 134 Å². The van der Waals surface area contributed by atoms with Gasteiger partial charge < -0.3 is 26.6 Å². The lowest BCUT2D eigenvalue weighted by molar-refractivity contribution is -0.143. The molecule has 208 valence electrons. The predicted molar refractivity (Wildman–Crippen MR) is 148 cm³/mol. The number of benzene rings is 2. The maximum Gasteiger partial charge on any atom is 0.246 e. The third-order valence-electron chi connectivity index (χ3n) is 7.91. The van der Waals surface area contributed by atoms with E-state index in [1.807, 2.05) is 60.7 Å². The predicted octanol–water partition coefficient (Wildman–Crippen LogP) is 2.02. The van der Waals surface area contributed by atoms with Gasteiger partial charge >= 0.3 is 0 Å². The lowest BCUT2D eigenvalue weighted by Gasteiger charge is -2.33. The van der Waals surface area contributed by atoms with Crippen LogP contribution in [0.1, 0.15) is 63.1 Å². The van der Waals surface area contributed by atoms with Gasteiger partial charge in [-0.3, -0.25) is 19.2 Å². The number of nitrogens with one attached hydrogen (secondary N) is 3. The minimum atomic E-state index is -0.876. The molecule has 0 saturated carbocycles. The molecular weight excluding hydrogens is 494 g/mol. The Morgan fingerprint density at radius 2 is 1.54 bits per heavy atom. The van der Waals surface area contributed by atoms with E-state index >= 15 is 0 Å². The summed E-state index contributed by atoms with van der Waals surface area (Å²) in [6, 6.07) is 16.7. The molecule has 2 heterocycles. The summed E-state index contributed by atoms with van der Waals surface area (Å²) in [6.07, 6.45) is 3.00. The zero-order valence-corrected chi connectivity index (χ0v) is 22.6. The van der Waals surface area contributed by atoms with Gasteiger partial charge in [0.2, 0.25) is 23.6 Å². The highest BCUT2D eigenvalue weighted by Gasteiger charge is 2.48. The largest absolute Gasteiger partial charge is 0.356 e. The van der Waals surface area contributed by atoms with Gasteiger partial charge in [0.05, 0.1) is 12.1 Å². The van der Waals surface area contributed by atoms with Crippen molar-refractivity contribution in [3.63, 3.8) is 0 Å². The summed E-state index contributed by atoms with van der Waals surface area (Å²) in [5.74, 6) is -1.43. The Balaban J connectivity index is 1.59. The van der Waals surface area contributed by atoms with Crippen LogP contribution in [-0.2, 0) is 19.2 Å². The normalized spacial score (nSPS) is 23.5. The number of nitrogens with two attached hydrogens (primary N) is 1. The highest BCUT2D eigenvalue weighted by atomic mass is 16.2. The molecule has 5 atom stereocenters. The molecule has 39 heavy (non-hydrogen) atoms. The lowest BCUT2D eigenvalue weighted by Crippen LogP contribution is -2.59.